The van der Waals surface area contributed by atoms with Gasteiger partial charge in [-0.2, -0.15) is 0 Å². The molecular weight excluding hydrogens is 198 g/mol. The smallest absolute Gasteiger partial charge is 0.325 e. The molecule has 0 unspecified atom stereocenters. The fourth-order valence-corrected chi connectivity index (χ4v) is 1.00. The standard InChI is InChI=1S/C9H13N3O3/c1-3-6-11-7(4-8(13)12-6)10-5-9(14)15-2/h4H,3,5H2,1-2H3,(H2,10,11,12,13). The maximum atomic E-state index is 11.1. The Morgan fingerprint density at radius 3 is 3.00 bits per heavy atom. The van der Waals surface area contributed by atoms with Crippen LogP contribution in [0.15, 0.2) is 10.9 Å². The highest BCUT2D eigenvalue weighted by atomic mass is 16.5. The van der Waals surface area contributed by atoms with E-state index < -0.39 is 5.97 Å². The van der Waals surface area contributed by atoms with Crippen molar-refractivity contribution in [2.45, 2.75) is 13.3 Å². The molecule has 6 nitrogen and oxygen atoms in total. The van der Waals surface area contributed by atoms with Crippen LogP contribution >= 0.6 is 0 Å². The van der Waals surface area contributed by atoms with Gasteiger partial charge in [-0.3, -0.25) is 9.59 Å². The number of rotatable bonds is 4. The zero-order valence-corrected chi connectivity index (χ0v) is 8.66. The first-order valence-corrected chi connectivity index (χ1v) is 4.56. The lowest BCUT2D eigenvalue weighted by atomic mass is 10.4. The minimum absolute atomic E-state index is 0.00386. The van der Waals surface area contributed by atoms with Crippen LogP contribution in [0.2, 0.25) is 0 Å². The molecule has 82 valence electrons. The number of carbonyl (C=O) groups excluding carboxylic acids is 1. The van der Waals surface area contributed by atoms with Gasteiger partial charge in [-0.05, 0) is 0 Å². The van der Waals surface area contributed by atoms with Gasteiger partial charge in [0.15, 0.2) is 0 Å². The van der Waals surface area contributed by atoms with Gasteiger partial charge in [-0.15, -0.1) is 0 Å². The topological polar surface area (TPSA) is 84.1 Å². The van der Waals surface area contributed by atoms with Gasteiger partial charge in [0.25, 0.3) is 5.56 Å². The molecule has 1 aromatic rings. The number of aromatic nitrogens is 2. The van der Waals surface area contributed by atoms with Crippen molar-refractivity contribution in [3.8, 4) is 0 Å². The average molecular weight is 211 g/mol. The van der Waals surface area contributed by atoms with Crippen LogP contribution in [0.3, 0.4) is 0 Å². The van der Waals surface area contributed by atoms with E-state index in [1.54, 1.807) is 0 Å². The Balaban J connectivity index is 2.72. The molecule has 0 fully saturated rings. The van der Waals surface area contributed by atoms with E-state index >= 15 is 0 Å². The number of aromatic amines is 1. The zero-order chi connectivity index (χ0) is 11.3. The SMILES string of the molecule is CCc1nc(NCC(=O)OC)cc(=O)[nH]1. The van der Waals surface area contributed by atoms with E-state index in [4.69, 9.17) is 0 Å². The highest BCUT2D eigenvalue weighted by molar-refractivity contribution is 5.74. The summed E-state index contributed by atoms with van der Waals surface area (Å²) < 4.78 is 4.44. The van der Waals surface area contributed by atoms with E-state index in [0.29, 0.717) is 18.1 Å². The number of esters is 1. The van der Waals surface area contributed by atoms with Crippen LogP contribution < -0.4 is 10.9 Å². The predicted molar refractivity (Wildman–Crippen MR) is 54.7 cm³/mol. The van der Waals surface area contributed by atoms with Crippen LogP contribution in [0, 0.1) is 0 Å². The summed E-state index contributed by atoms with van der Waals surface area (Å²) in [5.74, 6) is 0.547. The van der Waals surface area contributed by atoms with Crippen LogP contribution in [0.5, 0.6) is 0 Å². The molecule has 0 aliphatic heterocycles. The lowest BCUT2D eigenvalue weighted by Crippen LogP contribution is -2.19. The lowest BCUT2D eigenvalue weighted by Gasteiger charge is -2.04. The fourth-order valence-electron chi connectivity index (χ4n) is 1.00. The Bertz CT molecular complexity index is 400. The van der Waals surface area contributed by atoms with E-state index in [2.05, 4.69) is 20.0 Å². The Hall–Kier alpha value is -1.85. The molecule has 1 aromatic heterocycles. The van der Waals surface area contributed by atoms with Gasteiger partial charge in [0.2, 0.25) is 0 Å². The van der Waals surface area contributed by atoms with Crippen LogP contribution in [-0.4, -0.2) is 29.6 Å². The van der Waals surface area contributed by atoms with Crippen LogP contribution in [0.25, 0.3) is 0 Å². The van der Waals surface area contributed by atoms with E-state index in [1.807, 2.05) is 6.92 Å². The fraction of sp³-hybridized carbons (Fsp3) is 0.444. The maximum absolute atomic E-state index is 11.1. The molecule has 0 aromatic carbocycles. The second kappa shape index (κ2) is 5.14. The minimum Gasteiger partial charge on any atom is -0.468 e. The quantitative estimate of drug-likeness (QED) is 0.680. The minimum atomic E-state index is -0.407. The van der Waals surface area contributed by atoms with Crippen molar-refractivity contribution < 1.29 is 9.53 Å². The molecule has 0 amide bonds. The second-order valence-electron chi connectivity index (χ2n) is 2.86. The third kappa shape index (κ3) is 3.41. The summed E-state index contributed by atoms with van der Waals surface area (Å²) in [6.07, 6.45) is 0.628. The maximum Gasteiger partial charge on any atom is 0.325 e. The number of hydrogen-bond acceptors (Lipinski definition) is 5. The van der Waals surface area contributed by atoms with E-state index in [1.165, 1.54) is 13.2 Å². The van der Waals surface area contributed by atoms with Gasteiger partial charge in [0.05, 0.1) is 7.11 Å². The summed E-state index contributed by atoms with van der Waals surface area (Å²) in [6.45, 7) is 1.87. The first-order chi connectivity index (χ1) is 7.15. The van der Waals surface area contributed by atoms with Crippen molar-refractivity contribution in [2.24, 2.45) is 0 Å². The van der Waals surface area contributed by atoms with Gasteiger partial charge in [-0.1, -0.05) is 6.92 Å². The molecule has 0 bridgehead atoms. The molecular formula is C9H13N3O3. The van der Waals surface area contributed by atoms with Crippen molar-refractivity contribution in [2.75, 3.05) is 19.0 Å². The largest absolute Gasteiger partial charge is 0.468 e. The van der Waals surface area contributed by atoms with E-state index in [9.17, 15) is 9.59 Å². The number of ether oxygens (including phenoxy) is 1. The molecule has 2 N–H and O–H groups in total. The molecule has 1 heterocycles. The summed E-state index contributed by atoms with van der Waals surface area (Å²) in [5.41, 5.74) is -0.241. The van der Waals surface area contributed by atoms with Gasteiger partial charge >= 0.3 is 5.97 Å². The third-order valence-electron chi connectivity index (χ3n) is 1.77. The average Bonchev–Trinajstić information content (AvgIpc) is 2.25. The number of hydrogen-bond donors (Lipinski definition) is 2. The number of anilines is 1. The Morgan fingerprint density at radius 2 is 2.40 bits per heavy atom. The molecule has 6 heteroatoms. The molecule has 1 rings (SSSR count). The second-order valence-corrected chi connectivity index (χ2v) is 2.86. The Labute approximate surface area is 86.7 Å². The monoisotopic (exact) mass is 211 g/mol. The van der Waals surface area contributed by atoms with Crippen LogP contribution in [-0.2, 0) is 16.0 Å². The molecule has 0 saturated carbocycles. The highest BCUT2D eigenvalue weighted by Gasteiger charge is 2.02. The van der Waals surface area contributed by atoms with Crippen LogP contribution in [0.1, 0.15) is 12.7 Å². The van der Waals surface area contributed by atoms with Gasteiger partial charge in [0, 0.05) is 12.5 Å². The highest BCUT2D eigenvalue weighted by Crippen LogP contribution is 1.98. The third-order valence-corrected chi connectivity index (χ3v) is 1.77. The van der Waals surface area contributed by atoms with Crippen molar-refractivity contribution in [3.63, 3.8) is 0 Å². The van der Waals surface area contributed by atoms with Crippen molar-refractivity contribution in [3.05, 3.63) is 22.2 Å². The normalized spacial score (nSPS) is 9.73. The Kier molecular flexibility index (Phi) is 3.84. The summed E-state index contributed by atoms with van der Waals surface area (Å²) in [6, 6.07) is 1.29. The molecule has 0 saturated heterocycles. The number of nitrogens with zero attached hydrogens (tertiary/aromatic N) is 1. The van der Waals surface area contributed by atoms with Gasteiger partial charge in [0.1, 0.15) is 18.2 Å². The molecule has 0 spiro atoms. The summed E-state index contributed by atoms with van der Waals surface area (Å²) >= 11 is 0. The first-order valence-electron chi connectivity index (χ1n) is 4.56. The summed E-state index contributed by atoms with van der Waals surface area (Å²) in [7, 11) is 1.30. The lowest BCUT2D eigenvalue weighted by molar-refractivity contribution is -0.138. The van der Waals surface area contributed by atoms with Crippen LogP contribution in [0.4, 0.5) is 5.82 Å². The van der Waals surface area contributed by atoms with Gasteiger partial charge < -0.3 is 15.0 Å². The summed E-state index contributed by atoms with van der Waals surface area (Å²) in [5, 5.41) is 2.71. The van der Waals surface area contributed by atoms with Crippen molar-refractivity contribution in [1.82, 2.24) is 9.97 Å². The number of aryl methyl sites for hydroxylation is 1. The molecule has 0 aliphatic rings. The van der Waals surface area contributed by atoms with Crippen molar-refractivity contribution in [1.29, 1.82) is 0 Å². The molecule has 0 aliphatic carbocycles. The van der Waals surface area contributed by atoms with Gasteiger partial charge in [-0.25, -0.2) is 4.98 Å². The number of H-pyrrole nitrogens is 1. The van der Waals surface area contributed by atoms with E-state index in [0.717, 1.165) is 0 Å². The Morgan fingerprint density at radius 1 is 1.67 bits per heavy atom. The predicted octanol–water partition coefficient (Wildman–Crippen LogP) is -0.0828. The number of methoxy groups -OCH3 is 1. The van der Waals surface area contributed by atoms with E-state index in [-0.39, 0.29) is 12.1 Å². The zero-order valence-electron chi connectivity index (χ0n) is 8.66. The first kappa shape index (κ1) is 11.2. The molecule has 0 radical (unpaired) electrons. The molecule has 15 heavy (non-hydrogen) atoms. The number of nitrogens with one attached hydrogen (secondary N) is 2. The molecule has 0 atom stereocenters. The number of carbonyl (C=O) groups is 1. The van der Waals surface area contributed by atoms with Crippen molar-refractivity contribution >= 4 is 11.8 Å². The summed E-state index contributed by atoms with van der Waals surface area (Å²) in [4.78, 5) is 28.6.